The van der Waals surface area contributed by atoms with Crippen molar-refractivity contribution >= 4 is 5.91 Å². The van der Waals surface area contributed by atoms with E-state index in [1.165, 1.54) is 24.3 Å². The molecule has 1 amide bonds. The van der Waals surface area contributed by atoms with Crippen molar-refractivity contribution in [3.05, 3.63) is 71.6 Å². The zero-order valence-corrected chi connectivity index (χ0v) is 13.7. The van der Waals surface area contributed by atoms with Crippen LogP contribution < -0.4 is 0 Å². The second kappa shape index (κ2) is 6.67. The van der Waals surface area contributed by atoms with E-state index in [1.807, 2.05) is 0 Å². The Bertz CT molecular complexity index is 923. The highest BCUT2D eigenvalue weighted by atomic mass is 19.1. The van der Waals surface area contributed by atoms with Crippen LogP contribution in [0, 0.1) is 11.6 Å². The van der Waals surface area contributed by atoms with Gasteiger partial charge in [-0.15, -0.1) is 0 Å². The van der Waals surface area contributed by atoms with E-state index in [-0.39, 0.29) is 23.5 Å². The van der Waals surface area contributed by atoms with E-state index in [1.54, 1.807) is 29.2 Å². The fourth-order valence-electron chi connectivity index (χ4n) is 3.02. The molecule has 1 unspecified atom stereocenters. The predicted octanol–water partition coefficient (Wildman–Crippen LogP) is 3.53. The molecule has 4 rings (SSSR count). The summed E-state index contributed by atoms with van der Waals surface area (Å²) in [6.07, 6.45) is 0.295. The summed E-state index contributed by atoms with van der Waals surface area (Å²) in [6.45, 7) is 0.886. The molecule has 0 bridgehead atoms. The minimum Gasteiger partial charge on any atom is -0.338 e. The Balaban J connectivity index is 1.47. The largest absolute Gasteiger partial charge is 0.338 e. The van der Waals surface area contributed by atoms with Gasteiger partial charge in [-0.25, -0.2) is 8.78 Å². The molecule has 1 atom stereocenters. The fourth-order valence-corrected chi connectivity index (χ4v) is 3.02. The number of benzene rings is 2. The third-order valence-electron chi connectivity index (χ3n) is 4.40. The van der Waals surface area contributed by atoms with Gasteiger partial charge in [0, 0.05) is 31.0 Å². The summed E-state index contributed by atoms with van der Waals surface area (Å²) >= 11 is 0. The normalized spacial score (nSPS) is 17.1. The van der Waals surface area contributed by atoms with Crippen molar-refractivity contribution < 1.29 is 18.1 Å². The second-order valence-electron chi connectivity index (χ2n) is 6.27. The lowest BCUT2D eigenvalue weighted by atomic mass is 10.1. The molecule has 1 fully saturated rings. The Kier molecular flexibility index (Phi) is 4.20. The summed E-state index contributed by atoms with van der Waals surface area (Å²) in [5.74, 6) is -0.0668. The Morgan fingerprint density at radius 3 is 2.38 bits per heavy atom. The minimum absolute atomic E-state index is 0.00698. The molecule has 0 saturated carbocycles. The van der Waals surface area contributed by atoms with Gasteiger partial charge in [-0.2, -0.15) is 4.98 Å². The quantitative estimate of drug-likeness (QED) is 0.718. The van der Waals surface area contributed by atoms with Crippen molar-refractivity contribution in [2.24, 2.45) is 0 Å². The number of carbonyl (C=O) groups excluding carboxylic acids is 1. The summed E-state index contributed by atoms with van der Waals surface area (Å²) in [5.41, 5.74) is 1.48. The van der Waals surface area contributed by atoms with E-state index in [9.17, 15) is 13.6 Å². The first-order valence-corrected chi connectivity index (χ1v) is 8.20. The number of halogens is 2. The number of likely N-dealkylation sites (tertiary alicyclic amines) is 1. The molecule has 26 heavy (non-hydrogen) atoms. The van der Waals surface area contributed by atoms with Crippen molar-refractivity contribution in [2.45, 2.75) is 18.9 Å². The molecule has 1 saturated heterocycles. The van der Waals surface area contributed by atoms with Crippen LogP contribution in [0.4, 0.5) is 8.78 Å². The molecular weight excluding hydrogens is 340 g/mol. The van der Waals surface area contributed by atoms with Crippen LogP contribution in [0.25, 0.3) is 11.5 Å². The lowest BCUT2D eigenvalue weighted by molar-refractivity contribution is -0.128. The van der Waals surface area contributed by atoms with Gasteiger partial charge in [0.1, 0.15) is 11.6 Å². The van der Waals surface area contributed by atoms with Crippen LogP contribution in [0.15, 0.2) is 53.1 Å². The SMILES string of the molecule is O=C1CC(c2noc(-c3ccc(F)cc3)n2)CN1Cc1ccc(F)cc1. The van der Waals surface area contributed by atoms with Crippen LogP contribution in [-0.4, -0.2) is 27.5 Å². The summed E-state index contributed by atoms with van der Waals surface area (Å²) in [4.78, 5) is 18.3. The predicted molar refractivity (Wildman–Crippen MR) is 88.9 cm³/mol. The molecule has 0 radical (unpaired) electrons. The van der Waals surface area contributed by atoms with Crippen molar-refractivity contribution in [1.29, 1.82) is 0 Å². The third-order valence-corrected chi connectivity index (χ3v) is 4.40. The number of rotatable bonds is 4. The second-order valence-corrected chi connectivity index (χ2v) is 6.27. The van der Waals surface area contributed by atoms with E-state index < -0.39 is 0 Å². The molecule has 0 aliphatic carbocycles. The topological polar surface area (TPSA) is 59.2 Å². The summed E-state index contributed by atoms with van der Waals surface area (Å²) in [7, 11) is 0. The van der Waals surface area contributed by atoms with Gasteiger partial charge in [0.2, 0.25) is 5.91 Å². The summed E-state index contributed by atoms with van der Waals surface area (Å²) in [6, 6.07) is 11.9. The van der Waals surface area contributed by atoms with Crippen LogP contribution in [0.2, 0.25) is 0 Å². The van der Waals surface area contributed by atoms with Crippen LogP contribution in [0.1, 0.15) is 23.7 Å². The van der Waals surface area contributed by atoms with Crippen molar-refractivity contribution in [3.8, 4) is 11.5 Å². The average Bonchev–Trinajstić information content (AvgIpc) is 3.25. The first kappa shape index (κ1) is 16.4. The van der Waals surface area contributed by atoms with Crippen LogP contribution in [-0.2, 0) is 11.3 Å². The number of hydrogen-bond acceptors (Lipinski definition) is 4. The standard InChI is InChI=1S/C19H15F2N3O2/c20-15-5-1-12(2-6-15)10-24-11-14(9-17(24)25)18-22-19(26-23-18)13-3-7-16(21)8-4-13/h1-8,14H,9-11H2. The van der Waals surface area contributed by atoms with Gasteiger partial charge in [-0.05, 0) is 42.0 Å². The van der Waals surface area contributed by atoms with Crippen molar-refractivity contribution in [2.75, 3.05) is 6.54 Å². The highest BCUT2D eigenvalue weighted by Crippen LogP contribution is 2.29. The number of carbonyl (C=O) groups is 1. The highest BCUT2D eigenvalue weighted by molar-refractivity contribution is 5.79. The molecule has 7 heteroatoms. The first-order valence-electron chi connectivity index (χ1n) is 8.20. The molecule has 5 nitrogen and oxygen atoms in total. The van der Waals surface area contributed by atoms with Gasteiger partial charge in [0.15, 0.2) is 5.82 Å². The van der Waals surface area contributed by atoms with E-state index in [2.05, 4.69) is 10.1 Å². The van der Waals surface area contributed by atoms with Gasteiger partial charge >= 0.3 is 0 Å². The average molecular weight is 355 g/mol. The van der Waals surface area contributed by atoms with E-state index >= 15 is 0 Å². The molecule has 0 spiro atoms. The van der Waals surface area contributed by atoms with Gasteiger partial charge in [0.25, 0.3) is 5.89 Å². The van der Waals surface area contributed by atoms with Crippen molar-refractivity contribution in [1.82, 2.24) is 15.0 Å². The number of hydrogen-bond donors (Lipinski definition) is 0. The Labute approximate surface area is 148 Å². The van der Waals surface area contributed by atoms with E-state index in [4.69, 9.17) is 4.52 Å². The van der Waals surface area contributed by atoms with Crippen molar-refractivity contribution in [3.63, 3.8) is 0 Å². The Morgan fingerprint density at radius 2 is 1.69 bits per heavy atom. The van der Waals surface area contributed by atoms with E-state index in [0.29, 0.717) is 36.8 Å². The van der Waals surface area contributed by atoms with Crippen LogP contribution in [0.5, 0.6) is 0 Å². The molecule has 0 N–H and O–H groups in total. The molecule has 1 aliphatic heterocycles. The molecular formula is C19H15F2N3O2. The lowest BCUT2D eigenvalue weighted by Crippen LogP contribution is -2.24. The van der Waals surface area contributed by atoms with Gasteiger partial charge in [-0.1, -0.05) is 17.3 Å². The Hall–Kier alpha value is -3.09. The van der Waals surface area contributed by atoms with Gasteiger partial charge < -0.3 is 9.42 Å². The van der Waals surface area contributed by atoms with Gasteiger partial charge in [-0.3, -0.25) is 4.79 Å². The number of nitrogens with zero attached hydrogens (tertiary/aromatic N) is 3. The highest BCUT2D eigenvalue weighted by Gasteiger charge is 2.33. The number of amides is 1. The third kappa shape index (κ3) is 3.33. The number of aromatic nitrogens is 2. The minimum atomic E-state index is -0.341. The van der Waals surface area contributed by atoms with Crippen LogP contribution >= 0.6 is 0 Å². The van der Waals surface area contributed by atoms with Crippen LogP contribution in [0.3, 0.4) is 0 Å². The summed E-state index contributed by atoms with van der Waals surface area (Å²) in [5, 5.41) is 3.98. The zero-order valence-electron chi connectivity index (χ0n) is 13.7. The fraction of sp³-hybridized carbons (Fsp3) is 0.211. The summed E-state index contributed by atoms with van der Waals surface area (Å²) < 4.78 is 31.3. The molecule has 2 heterocycles. The molecule has 132 valence electrons. The maximum Gasteiger partial charge on any atom is 0.257 e. The monoisotopic (exact) mass is 355 g/mol. The first-order chi connectivity index (χ1) is 12.6. The van der Waals surface area contributed by atoms with E-state index in [0.717, 1.165) is 5.56 Å². The molecule has 1 aromatic heterocycles. The zero-order chi connectivity index (χ0) is 18.1. The maximum absolute atomic E-state index is 13.0. The molecule has 3 aromatic rings. The maximum atomic E-state index is 13.0. The molecule has 1 aliphatic rings. The smallest absolute Gasteiger partial charge is 0.257 e. The van der Waals surface area contributed by atoms with Gasteiger partial charge in [0.05, 0.1) is 0 Å². The molecule has 2 aromatic carbocycles. The lowest BCUT2D eigenvalue weighted by Gasteiger charge is -2.16. The Morgan fingerprint density at radius 1 is 1.04 bits per heavy atom.